The van der Waals surface area contributed by atoms with Crippen LogP contribution in [0.5, 0.6) is 0 Å². The minimum Gasteiger partial charge on any atom is -0.246 e. The van der Waals surface area contributed by atoms with E-state index in [2.05, 4.69) is 9.05 Å². The molecule has 0 unspecified atom stereocenters. The average Bonchev–Trinajstić information content (AvgIpc) is 1.54. The van der Waals surface area contributed by atoms with Crippen LogP contribution in [0.25, 0.3) is 0 Å². The normalized spacial score (nSPS) is 23.4. The summed E-state index contributed by atoms with van der Waals surface area (Å²) in [5.41, 5.74) is 0. The third-order valence-corrected chi connectivity index (χ3v) is 1.54. The zero-order chi connectivity index (χ0) is 7.78. The highest BCUT2D eigenvalue weighted by molar-refractivity contribution is 7.56. The Labute approximate surface area is 54.8 Å². The lowest BCUT2D eigenvalue weighted by atomic mass is 10.5. The van der Waals surface area contributed by atoms with Crippen molar-refractivity contribution in [3.8, 4) is 0 Å². The van der Waals surface area contributed by atoms with Gasteiger partial charge in [0.1, 0.15) is 0 Å². The molecule has 0 aromatic carbocycles. The van der Waals surface area contributed by atoms with Crippen LogP contribution in [-0.2, 0) is 18.6 Å². The van der Waals surface area contributed by atoms with Gasteiger partial charge in [-0.3, -0.25) is 0 Å². The number of hydrogen-bond acceptors (Lipinski definition) is 4. The highest BCUT2D eigenvalue weighted by atomic mass is 31.3. The van der Waals surface area contributed by atoms with Crippen molar-refractivity contribution in [3.63, 3.8) is 0 Å². The van der Waals surface area contributed by atoms with E-state index >= 15 is 0 Å². The molecule has 0 amide bonds. The molecule has 10 heavy (non-hydrogen) atoms. The van der Waals surface area contributed by atoms with Crippen molar-refractivity contribution in [1.82, 2.24) is 0 Å². The summed E-state index contributed by atoms with van der Waals surface area (Å²) in [6.07, 6.45) is -0.727. The molecule has 0 aliphatic carbocycles. The van der Waals surface area contributed by atoms with E-state index in [0.29, 0.717) is 0 Å². The van der Waals surface area contributed by atoms with Crippen molar-refractivity contribution < 1.29 is 27.0 Å². The molecule has 0 N–H and O–H groups in total. The van der Waals surface area contributed by atoms with Crippen molar-refractivity contribution in [2.45, 2.75) is 6.42 Å². The Bertz CT molecular complexity index is 173. The second kappa shape index (κ2) is 2.12. The molecule has 0 aromatic rings. The molecule has 1 heterocycles. The maximum Gasteiger partial charge on any atom is 0.767 e. The van der Waals surface area contributed by atoms with E-state index in [1.807, 2.05) is 0 Å². The van der Waals surface area contributed by atoms with Gasteiger partial charge in [-0.1, -0.05) is 0 Å². The van der Waals surface area contributed by atoms with Gasteiger partial charge in [0.2, 0.25) is 0 Å². The fourth-order valence-corrected chi connectivity index (χ4v) is 1.08. The summed E-state index contributed by atoms with van der Waals surface area (Å²) in [5.74, 6) is -2.45. The molecule has 0 saturated carbocycles. The maximum atomic E-state index is 11.9. The van der Waals surface area contributed by atoms with Gasteiger partial charge in [0.25, 0.3) is 0 Å². The van der Waals surface area contributed by atoms with Gasteiger partial charge >= 0.3 is 20.3 Å². The minimum atomic E-state index is -5.15. The van der Waals surface area contributed by atoms with Gasteiger partial charge in [-0.05, 0) is 0 Å². The van der Waals surface area contributed by atoms with Crippen LogP contribution >= 0.6 is 8.34 Å². The fraction of sp³-hybridized carbons (Fsp3) is 0.333. The first-order valence-electron chi connectivity index (χ1n) is 2.23. The van der Waals surface area contributed by atoms with Crippen molar-refractivity contribution in [1.29, 1.82) is 0 Å². The van der Waals surface area contributed by atoms with E-state index < -0.39 is 26.7 Å². The summed E-state index contributed by atoms with van der Waals surface area (Å²) >= 11 is 0. The lowest BCUT2D eigenvalue weighted by molar-refractivity contribution is -0.151. The Morgan fingerprint density at radius 1 is 1.20 bits per heavy atom. The van der Waals surface area contributed by atoms with Crippen LogP contribution in [0.4, 0.5) is 8.39 Å². The van der Waals surface area contributed by atoms with Crippen LogP contribution in [0.1, 0.15) is 6.42 Å². The monoisotopic (exact) mass is 171 g/mol. The number of rotatable bonds is 0. The molecule has 56 valence electrons. The summed E-state index contributed by atoms with van der Waals surface area (Å²) in [7, 11) is -5.15. The van der Waals surface area contributed by atoms with Gasteiger partial charge in [0.15, 0.2) is 6.42 Å². The van der Waals surface area contributed by atoms with E-state index in [1.54, 1.807) is 0 Å². The number of hydrogen-bond donors (Lipinski definition) is 0. The third kappa shape index (κ3) is 1.60. The molecule has 7 heteroatoms. The largest absolute Gasteiger partial charge is 0.767 e. The lowest BCUT2D eigenvalue weighted by Gasteiger charge is -2.06. The number of carbonyl (C=O) groups is 2. The van der Waals surface area contributed by atoms with Crippen LogP contribution in [0.15, 0.2) is 0 Å². The van der Waals surface area contributed by atoms with Crippen LogP contribution < -0.4 is 0 Å². The molecule has 0 atom stereocenters. The topological polar surface area (TPSA) is 52.6 Å². The van der Waals surface area contributed by atoms with Crippen LogP contribution in [0, 0.1) is 0 Å². The number of carbonyl (C=O) groups excluding carboxylic acids is 2. The molecule has 0 aromatic heterocycles. The van der Waals surface area contributed by atoms with E-state index in [4.69, 9.17) is 0 Å². The Kier molecular flexibility index (Phi) is 1.56. The van der Waals surface area contributed by atoms with Crippen molar-refractivity contribution >= 4 is 20.3 Å². The van der Waals surface area contributed by atoms with Crippen LogP contribution in [0.3, 0.4) is 0 Å². The summed E-state index contributed by atoms with van der Waals surface area (Å²) in [6.45, 7) is 0. The van der Waals surface area contributed by atoms with Crippen LogP contribution in [0.2, 0.25) is 0 Å². The second-order valence-corrected chi connectivity index (χ2v) is 2.71. The first kappa shape index (κ1) is 7.34. The molecule has 1 rings (SSSR count). The molecule has 0 radical (unpaired) electrons. The fourth-order valence-electron chi connectivity index (χ4n) is 0.438. The maximum absolute atomic E-state index is 11.9. The Morgan fingerprint density at radius 2 is 1.60 bits per heavy atom. The van der Waals surface area contributed by atoms with Gasteiger partial charge in [-0.15, -0.1) is 0 Å². The lowest BCUT2D eigenvalue weighted by Crippen LogP contribution is -2.19. The van der Waals surface area contributed by atoms with Gasteiger partial charge in [0, 0.05) is 0 Å². The number of halogens is 2. The molecule has 1 saturated heterocycles. The quantitative estimate of drug-likeness (QED) is 0.404. The SMILES string of the molecule is O=C1CC(=O)O[P+](F)(F)O1. The van der Waals surface area contributed by atoms with Gasteiger partial charge in [0.05, 0.1) is 8.39 Å². The Morgan fingerprint density at radius 3 is 1.90 bits per heavy atom. The van der Waals surface area contributed by atoms with E-state index in [9.17, 15) is 18.0 Å². The third-order valence-electron chi connectivity index (χ3n) is 0.705. The first-order valence-corrected chi connectivity index (χ1v) is 3.63. The van der Waals surface area contributed by atoms with Gasteiger partial charge in [-0.2, -0.15) is 0 Å². The van der Waals surface area contributed by atoms with E-state index in [-0.39, 0.29) is 0 Å². The second-order valence-electron chi connectivity index (χ2n) is 1.52. The summed E-state index contributed by atoms with van der Waals surface area (Å²) in [5, 5.41) is 0. The highest BCUT2D eigenvalue weighted by Crippen LogP contribution is 2.66. The minimum absolute atomic E-state index is 0.727. The Balaban J connectivity index is 2.68. The predicted octanol–water partition coefficient (Wildman–Crippen LogP) is 1.09. The first-order chi connectivity index (χ1) is 4.49. The van der Waals surface area contributed by atoms with Crippen molar-refractivity contribution in [2.75, 3.05) is 0 Å². The van der Waals surface area contributed by atoms with E-state index in [1.165, 1.54) is 0 Å². The van der Waals surface area contributed by atoms with Crippen LogP contribution in [-0.4, -0.2) is 11.9 Å². The predicted molar refractivity (Wildman–Crippen MR) is 25.9 cm³/mol. The summed E-state index contributed by atoms with van der Waals surface area (Å²) in [4.78, 5) is 20.2. The molecule has 0 bridgehead atoms. The molecule has 0 spiro atoms. The summed E-state index contributed by atoms with van der Waals surface area (Å²) < 4.78 is 30.7. The molecule has 1 aliphatic rings. The van der Waals surface area contributed by atoms with Gasteiger partial charge in [-0.25, -0.2) is 18.6 Å². The summed E-state index contributed by atoms with van der Waals surface area (Å²) in [6, 6.07) is 0. The molecular formula is C3H2F2O4P+. The van der Waals surface area contributed by atoms with Gasteiger partial charge < -0.3 is 0 Å². The van der Waals surface area contributed by atoms with Crippen molar-refractivity contribution in [3.05, 3.63) is 0 Å². The standard InChI is InChI=1S/C3H2F2O4P/c4-10(5)8-2(6)1-3(7)9-10/h1H2/q+1. The molecule has 1 aliphatic heterocycles. The van der Waals surface area contributed by atoms with E-state index in [0.717, 1.165) is 0 Å². The molecular weight excluding hydrogens is 169 g/mol. The zero-order valence-corrected chi connectivity index (χ0v) is 5.44. The highest BCUT2D eigenvalue weighted by Gasteiger charge is 2.59. The molecule has 4 nitrogen and oxygen atoms in total. The Hall–Kier alpha value is -0.770. The zero-order valence-electron chi connectivity index (χ0n) is 4.54. The van der Waals surface area contributed by atoms with Crippen molar-refractivity contribution in [2.24, 2.45) is 0 Å². The molecule has 1 fully saturated rings. The smallest absolute Gasteiger partial charge is 0.246 e. The average molecular weight is 171 g/mol.